The van der Waals surface area contributed by atoms with Crippen molar-refractivity contribution >= 4 is 21.5 Å². The minimum Gasteiger partial charge on any atom is -1.00 e. The minimum absolute atomic E-state index is 0. The summed E-state index contributed by atoms with van der Waals surface area (Å²) in [5.41, 5.74) is 32.0. The van der Waals surface area contributed by atoms with Crippen molar-refractivity contribution in [2.45, 2.75) is 301 Å². The van der Waals surface area contributed by atoms with Crippen molar-refractivity contribution in [3.63, 3.8) is 0 Å². The molecule has 0 aromatic heterocycles. The molecule has 0 saturated carbocycles. The quantitative estimate of drug-likeness (QED) is 0.0593. The van der Waals surface area contributed by atoms with E-state index in [9.17, 15) is 0 Å². The van der Waals surface area contributed by atoms with Gasteiger partial charge in [-0.25, -0.2) is 0 Å². The molecule has 11 rings (SSSR count). The fraction of sp³-hybridized carbons (Fsp3) is 0.462. The Labute approximate surface area is 655 Å². The van der Waals surface area contributed by atoms with Crippen molar-refractivity contribution in [2.24, 2.45) is 0 Å². The molecule has 1 heterocycles. The van der Waals surface area contributed by atoms with E-state index in [2.05, 4.69) is 350 Å². The third-order valence-corrected chi connectivity index (χ3v) is 23.5. The number of hydrogen-bond donors (Lipinski definition) is 0. The van der Waals surface area contributed by atoms with Gasteiger partial charge in [-0.1, -0.05) is 340 Å². The summed E-state index contributed by atoms with van der Waals surface area (Å²) in [7, 11) is 0. The van der Waals surface area contributed by atoms with Crippen molar-refractivity contribution < 1.29 is 21.5 Å². The smallest absolute Gasteiger partial charge is 0.106 e. The van der Waals surface area contributed by atoms with Crippen molar-refractivity contribution in [1.29, 1.82) is 0 Å². The Morgan fingerprint density at radius 1 is 0.245 bits per heavy atom. The number of benzene rings is 10. The van der Waals surface area contributed by atoms with Crippen molar-refractivity contribution in [3.8, 4) is 77.9 Å². The highest BCUT2D eigenvalue weighted by Crippen LogP contribution is 2.53. The van der Waals surface area contributed by atoms with E-state index in [0.717, 1.165) is 30.7 Å². The maximum Gasteiger partial charge on any atom is 0.106 e. The van der Waals surface area contributed by atoms with Crippen LogP contribution in [0.4, 0.5) is 0 Å². The second-order valence-corrected chi connectivity index (χ2v) is 40.7. The Bertz CT molecular complexity index is 4180. The molecule has 0 fully saturated rings. The van der Waals surface area contributed by atoms with Gasteiger partial charge in [0.05, 0.1) is 13.1 Å². The third kappa shape index (κ3) is 18.4. The summed E-state index contributed by atoms with van der Waals surface area (Å²) in [5, 5.41) is 5.27. The molecule has 0 saturated heterocycles. The van der Waals surface area contributed by atoms with Gasteiger partial charge in [0.25, 0.3) is 0 Å². The third-order valence-electron chi connectivity index (χ3n) is 23.5. The number of rotatable bonds is 18. The van der Waals surface area contributed by atoms with Gasteiger partial charge in [-0.2, -0.15) is 0 Å². The van der Waals surface area contributed by atoms with Gasteiger partial charge in [0.1, 0.15) is 13.1 Å². The zero-order valence-electron chi connectivity index (χ0n) is 70.9. The van der Waals surface area contributed by atoms with Gasteiger partial charge >= 0.3 is 0 Å². The lowest BCUT2D eigenvalue weighted by atomic mass is 9.77. The molecular formula is C104H134BrN. The van der Waals surface area contributed by atoms with E-state index in [1.807, 2.05) is 0 Å². The van der Waals surface area contributed by atoms with E-state index in [1.165, 1.54) is 219 Å². The summed E-state index contributed by atoms with van der Waals surface area (Å²) in [6, 6.07) is 70.2. The summed E-state index contributed by atoms with van der Waals surface area (Å²) in [5.74, 6) is 0. The molecular weight excluding hydrogens is 1340 g/mol. The molecule has 0 atom stereocenters. The van der Waals surface area contributed by atoms with Gasteiger partial charge in [0, 0.05) is 22.3 Å². The zero-order valence-corrected chi connectivity index (χ0v) is 72.5. The van der Waals surface area contributed by atoms with E-state index in [1.54, 1.807) is 0 Å². The van der Waals surface area contributed by atoms with Crippen LogP contribution in [-0.2, 0) is 56.4 Å². The lowest BCUT2D eigenvalue weighted by Gasteiger charge is -2.39. The van der Waals surface area contributed by atoms with Gasteiger partial charge in [0.15, 0.2) is 0 Å². The standard InChI is InChI=1S/C104H134N.BrH/c1-27-29-31-33-39-45-105(46-40-34-32-30-28-2)67-93-91(79-49-71(75-53-81(97(3,4)5)63-82(54-75)98(6,7)8)47-72(50-79)76-55-83(99(9,10)11)64-84(56-76)100(12,13)14)61-69-41-35-37-43-89(69)95(93)96-90-44-38-36-42-70(90)62-92(94(96)68-105)80-51-73(77-57-85(101(15,16)17)65-86(58-77)102(18,19)20)48-74(52-80)78-59-87(103(21,22)23)66-88(60-78)104(24,25)26;/h35-38,41-44,47-66H,27-34,39-40,45-46,67-68H2,1-26H3;1H/q+1;/p-1. The summed E-state index contributed by atoms with van der Waals surface area (Å²) in [4.78, 5) is 0. The second kappa shape index (κ2) is 30.9. The van der Waals surface area contributed by atoms with Crippen LogP contribution in [0.25, 0.3) is 99.4 Å². The molecule has 0 unspecified atom stereocenters. The number of quaternary nitrogens is 1. The lowest BCUT2D eigenvalue weighted by Crippen LogP contribution is -3.00. The van der Waals surface area contributed by atoms with Gasteiger partial charge < -0.3 is 21.5 Å². The van der Waals surface area contributed by atoms with Crippen LogP contribution in [0.1, 0.15) is 300 Å². The van der Waals surface area contributed by atoms with E-state index in [0.29, 0.717) is 0 Å². The highest BCUT2D eigenvalue weighted by atomic mass is 79.9. The van der Waals surface area contributed by atoms with E-state index in [-0.39, 0.29) is 60.3 Å². The van der Waals surface area contributed by atoms with Crippen LogP contribution in [0.15, 0.2) is 170 Å². The molecule has 562 valence electrons. The fourth-order valence-electron chi connectivity index (χ4n) is 16.3. The predicted molar refractivity (Wildman–Crippen MR) is 464 cm³/mol. The lowest BCUT2D eigenvalue weighted by molar-refractivity contribution is -0.953. The predicted octanol–water partition coefficient (Wildman–Crippen LogP) is 27.8. The van der Waals surface area contributed by atoms with Gasteiger partial charge in [-0.3, -0.25) is 0 Å². The van der Waals surface area contributed by atoms with E-state index < -0.39 is 0 Å². The van der Waals surface area contributed by atoms with Crippen LogP contribution in [0.5, 0.6) is 0 Å². The maximum atomic E-state index is 2.65. The van der Waals surface area contributed by atoms with Crippen LogP contribution in [0.3, 0.4) is 0 Å². The van der Waals surface area contributed by atoms with Gasteiger partial charge in [-0.05, 0) is 250 Å². The molecule has 0 spiro atoms. The van der Waals surface area contributed by atoms with Crippen LogP contribution in [0, 0.1) is 0 Å². The fourth-order valence-corrected chi connectivity index (χ4v) is 16.3. The van der Waals surface area contributed by atoms with Crippen molar-refractivity contribution in [3.05, 3.63) is 225 Å². The Kier molecular flexibility index (Phi) is 23.8. The summed E-state index contributed by atoms with van der Waals surface area (Å²) in [6.45, 7) is 66.2. The number of fused-ring (bicyclic) bond motifs is 7. The Balaban J connectivity index is 0.0000120. The van der Waals surface area contributed by atoms with Crippen LogP contribution in [0.2, 0.25) is 0 Å². The molecule has 0 bridgehead atoms. The molecule has 106 heavy (non-hydrogen) atoms. The largest absolute Gasteiger partial charge is 1.00 e. The summed E-state index contributed by atoms with van der Waals surface area (Å²) < 4.78 is 1.00. The second-order valence-electron chi connectivity index (χ2n) is 40.7. The average molecular weight is 1480 g/mol. The molecule has 0 aliphatic carbocycles. The van der Waals surface area contributed by atoms with Crippen LogP contribution < -0.4 is 17.0 Å². The number of nitrogens with zero attached hydrogens (tertiary/aromatic N) is 1. The topological polar surface area (TPSA) is 0 Å². The molecule has 1 aliphatic heterocycles. The van der Waals surface area contributed by atoms with Gasteiger partial charge in [0.2, 0.25) is 0 Å². The first-order valence-corrected chi connectivity index (χ1v) is 40.8. The minimum atomic E-state index is -0.0543. The first-order valence-electron chi connectivity index (χ1n) is 40.8. The van der Waals surface area contributed by atoms with Crippen molar-refractivity contribution in [2.75, 3.05) is 13.1 Å². The molecule has 0 radical (unpaired) electrons. The molecule has 0 N–H and O–H groups in total. The van der Waals surface area contributed by atoms with Crippen LogP contribution >= 0.6 is 0 Å². The first kappa shape index (κ1) is 81.7. The Morgan fingerprint density at radius 3 is 0.698 bits per heavy atom. The summed E-state index contributed by atoms with van der Waals surface area (Å²) in [6.07, 6.45) is 12.5. The maximum absolute atomic E-state index is 2.65. The highest BCUT2D eigenvalue weighted by molar-refractivity contribution is 6.12. The molecule has 1 aliphatic rings. The molecule has 1 nitrogen and oxygen atoms in total. The normalized spacial score (nSPS) is 13.9. The van der Waals surface area contributed by atoms with Crippen LogP contribution in [-0.4, -0.2) is 17.6 Å². The molecule has 0 amide bonds. The zero-order chi connectivity index (χ0) is 76.4. The average Bonchev–Trinajstić information content (AvgIpc) is 1.46. The Hall–Kier alpha value is -6.84. The Morgan fingerprint density at radius 2 is 0.462 bits per heavy atom. The van der Waals surface area contributed by atoms with Crippen molar-refractivity contribution in [1.82, 2.24) is 0 Å². The molecule has 2 heteroatoms. The SMILES string of the molecule is CCCCCCC[N+]1(CCCCCCC)Cc2c(-c3cc(-c4cc(C(C)(C)C)cc(C(C)(C)C)c4)cc(-c4cc(C(C)(C)C)cc(C(C)(C)C)c4)c3)cc3ccccc3c2-c2c(c(-c3cc(-c4cc(C(C)(C)C)cc(C(C)(C)C)c4)cc(-c4cc(C(C)(C)C)cc(C(C)(C)C)c4)c3)cc3ccccc23)C1.[Br-]. The number of hydrogen-bond acceptors (Lipinski definition) is 0. The van der Waals surface area contributed by atoms with Gasteiger partial charge in [-0.15, -0.1) is 0 Å². The molecule has 10 aromatic carbocycles. The molecule has 10 aromatic rings. The summed E-state index contributed by atoms with van der Waals surface area (Å²) >= 11 is 0. The number of halogens is 1. The first-order chi connectivity index (χ1) is 48.9. The van der Waals surface area contributed by atoms with E-state index >= 15 is 0 Å². The van der Waals surface area contributed by atoms with E-state index in [4.69, 9.17) is 0 Å². The monoisotopic (exact) mass is 1480 g/mol. The highest BCUT2D eigenvalue weighted by Gasteiger charge is 2.39. The number of unbranched alkanes of at least 4 members (excludes halogenated alkanes) is 8.